The molecule has 0 aliphatic heterocycles. The summed E-state index contributed by atoms with van der Waals surface area (Å²) in [4.78, 5) is 11.2. The quantitative estimate of drug-likeness (QED) is 0.659. The molecule has 17 heavy (non-hydrogen) atoms. The van der Waals surface area contributed by atoms with E-state index in [9.17, 15) is 18.0 Å². The molecule has 0 amide bonds. The summed E-state index contributed by atoms with van der Waals surface area (Å²) >= 11 is 5.18. The lowest BCUT2D eigenvalue weighted by Crippen LogP contribution is -2.16. The van der Waals surface area contributed by atoms with Crippen molar-refractivity contribution in [3.63, 3.8) is 0 Å². The Morgan fingerprint density at radius 1 is 1.47 bits per heavy atom. The summed E-state index contributed by atoms with van der Waals surface area (Å²) < 4.78 is 38.1. The highest BCUT2D eigenvalue weighted by atomic mass is 35.5. The van der Waals surface area contributed by atoms with Crippen LogP contribution >= 0.6 is 11.6 Å². The molecule has 0 atom stereocenters. The molecule has 0 aromatic heterocycles. The van der Waals surface area contributed by atoms with Gasteiger partial charge < -0.3 is 5.11 Å². The molecule has 0 spiro atoms. The molecular weight excluding hydrogens is 259 g/mol. The highest BCUT2D eigenvalue weighted by Crippen LogP contribution is 2.38. The number of nitriles is 1. The number of carbonyl (C=O) groups is 1. The fourth-order valence-electron chi connectivity index (χ4n) is 1.30. The van der Waals surface area contributed by atoms with Crippen LogP contribution in [-0.4, -0.2) is 16.8 Å². The molecule has 0 aliphatic rings. The third-order valence-corrected chi connectivity index (χ3v) is 2.24. The molecule has 0 bridgehead atoms. The van der Waals surface area contributed by atoms with Gasteiger partial charge in [-0.15, -0.1) is 11.6 Å². The van der Waals surface area contributed by atoms with Gasteiger partial charge in [-0.25, -0.2) is 0 Å². The number of Topliss-reactive ketones (excluding diaryl/α,β-unsaturated/α-hetero) is 1. The lowest BCUT2D eigenvalue weighted by molar-refractivity contribution is -0.138. The Morgan fingerprint density at radius 2 is 2.06 bits per heavy atom. The van der Waals surface area contributed by atoms with Gasteiger partial charge in [0.1, 0.15) is 17.4 Å². The molecule has 0 fully saturated rings. The molecule has 90 valence electrons. The average Bonchev–Trinajstić information content (AvgIpc) is 2.26. The van der Waals surface area contributed by atoms with Crippen molar-refractivity contribution in [2.75, 3.05) is 5.88 Å². The Hall–Kier alpha value is -1.74. The molecule has 0 aliphatic carbocycles. The maximum absolute atomic E-state index is 12.7. The zero-order valence-corrected chi connectivity index (χ0v) is 8.93. The molecule has 0 saturated heterocycles. The molecule has 0 saturated carbocycles. The smallest absolute Gasteiger partial charge is 0.418 e. The van der Waals surface area contributed by atoms with Crippen molar-refractivity contribution in [3.8, 4) is 11.8 Å². The lowest BCUT2D eigenvalue weighted by atomic mass is 9.98. The monoisotopic (exact) mass is 263 g/mol. The Kier molecular flexibility index (Phi) is 3.63. The second kappa shape index (κ2) is 4.63. The first kappa shape index (κ1) is 13.3. The van der Waals surface area contributed by atoms with Gasteiger partial charge in [0.15, 0.2) is 5.78 Å². The van der Waals surface area contributed by atoms with Crippen LogP contribution in [0.25, 0.3) is 0 Å². The largest absolute Gasteiger partial charge is 0.507 e. The Bertz CT molecular complexity index is 505. The standard InChI is InChI=1S/C10H5ClF3NO2/c11-3-8(17)5-1-2-7(16)6(4-15)9(5)10(12,13)14/h1-2,16H,3H2. The maximum atomic E-state index is 12.7. The minimum absolute atomic E-state index is 0.640. The van der Waals surface area contributed by atoms with Gasteiger partial charge in [-0.3, -0.25) is 4.79 Å². The lowest BCUT2D eigenvalue weighted by Gasteiger charge is -2.13. The first-order valence-corrected chi connectivity index (χ1v) is 4.78. The number of nitrogens with zero attached hydrogens (tertiary/aromatic N) is 1. The topological polar surface area (TPSA) is 61.1 Å². The van der Waals surface area contributed by atoms with Crippen LogP contribution in [-0.2, 0) is 6.18 Å². The molecule has 3 nitrogen and oxygen atoms in total. The second-order valence-corrected chi connectivity index (χ2v) is 3.32. The van der Waals surface area contributed by atoms with Crippen LogP contribution in [0.1, 0.15) is 21.5 Å². The van der Waals surface area contributed by atoms with Gasteiger partial charge >= 0.3 is 6.18 Å². The molecule has 1 aromatic rings. The van der Waals surface area contributed by atoms with E-state index in [0.717, 1.165) is 12.1 Å². The summed E-state index contributed by atoms with van der Waals surface area (Å²) in [7, 11) is 0. The molecule has 0 radical (unpaired) electrons. The summed E-state index contributed by atoms with van der Waals surface area (Å²) in [5.41, 5.74) is -3.15. The number of rotatable bonds is 2. The van der Waals surface area contributed by atoms with Gasteiger partial charge in [-0.05, 0) is 12.1 Å². The maximum Gasteiger partial charge on any atom is 0.418 e. The number of phenols is 1. The van der Waals surface area contributed by atoms with Gasteiger partial charge in [-0.2, -0.15) is 18.4 Å². The number of hydrogen-bond acceptors (Lipinski definition) is 3. The number of halogens is 4. The van der Waals surface area contributed by atoms with Gasteiger partial charge in [0, 0.05) is 5.56 Å². The van der Waals surface area contributed by atoms with Crippen LogP contribution in [0.2, 0.25) is 0 Å². The third kappa shape index (κ3) is 2.50. The Balaban J connectivity index is 3.65. The van der Waals surface area contributed by atoms with E-state index in [4.69, 9.17) is 22.0 Å². The number of hydrogen-bond donors (Lipinski definition) is 1. The van der Waals surface area contributed by atoms with E-state index in [1.54, 1.807) is 0 Å². The SMILES string of the molecule is N#Cc1c(O)ccc(C(=O)CCl)c1C(F)(F)F. The summed E-state index contributed by atoms with van der Waals surface area (Å²) in [6.45, 7) is 0. The molecule has 0 unspecified atom stereocenters. The average molecular weight is 264 g/mol. The minimum Gasteiger partial charge on any atom is -0.507 e. The highest BCUT2D eigenvalue weighted by Gasteiger charge is 2.39. The van der Waals surface area contributed by atoms with Crippen LogP contribution < -0.4 is 0 Å². The van der Waals surface area contributed by atoms with Crippen molar-refractivity contribution in [3.05, 3.63) is 28.8 Å². The van der Waals surface area contributed by atoms with E-state index in [1.807, 2.05) is 0 Å². The van der Waals surface area contributed by atoms with Crippen LogP contribution in [0.5, 0.6) is 5.75 Å². The summed E-state index contributed by atoms with van der Waals surface area (Å²) in [5, 5.41) is 17.8. The van der Waals surface area contributed by atoms with Crippen LogP contribution in [0.4, 0.5) is 13.2 Å². The number of ketones is 1. The predicted octanol–water partition coefficient (Wildman–Crippen LogP) is 2.70. The van der Waals surface area contributed by atoms with Crippen molar-refractivity contribution in [1.29, 1.82) is 5.26 Å². The number of alkyl halides is 4. The molecule has 1 N–H and O–H groups in total. The molecule has 1 aromatic carbocycles. The summed E-state index contributed by atoms with van der Waals surface area (Å²) in [6, 6.07) is 2.87. The molecule has 0 heterocycles. The van der Waals surface area contributed by atoms with Crippen molar-refractivity contribution < 1.29 is 23.1 Å². The fraction of sp³-hybridized carbons (Fsp3) is 0.200. The molecule has 7 heteroatoms. The van der Waals surface area contributed by atoms with Crippen molar-refractivity contribution in [2.24, 2.45) is 0 Å². The Morgan fingerprint density at radius 3 is 2.47 bits per heavy atom. The van der Waals surface area contributed by atoms with E-state index in [-0.39, 0.29) is 0 Å². The Labute approximate surface area is 99.0 Å². The van der Waals surface area contributed by atoms with E-state index >= 15 is 0 Å². The normalized spacial score (nSPS) is 11.0. The van der Waals surface area contributed by atoms with Crippen LogP contribution in [0.3, 0.4) is 0 Å². The van der Waals surface area contributed by atoms with E-state index in [0.29, 0.717) is 0 Å². The molecule has 1 rings (SSSR count). The van der Waals surface area contributed by atoms with E-state index < -0.39 is 40.3 Å². The minimum atomic E-state index is -4.92. The number of carbonyl (C=O) groups excluding carboxylic acids is 1. The van der Waals surface area contributed by atoms with Crippen LogP contribution in [0, 0.1) is 11.3 Å². The van der Waals surface area contributed by atoms with Crippen molar-refractivity contribution >= 4 is 17.4 Å². The number of benzene rings is 1. The van der Waals surface area contributed by atoms with Gasteiger partial charge in [0.2, 0.25) is 0 Å². The summed E-state index contributed by atoms with van der Waals surface area (Å²) in [6.07, 6.45) is -4.92. The zero-order chi connectivity index (χ0) is 13.2. The first-order valence-electron chi connectivity index (χ1n) is 4.25. The van der Waals surface area contributed by atoms with E-state index in [2.05, 4.69) is 0 Å². The van der Waals surface area contributed by atoms with Gasteiger partial charge in [-0.1, -0.05) is 0 Å². The van der Waals surface area contributed by atoms with Crippen molar-refractivity contribution in [2.45, 2.75) is 6.18 Å². The van der Waals surface area contributed by atoms with Gasteiger partial charge in [0.25, 0.3) is 0 Å². The zero-order valence-electron chi connectivity index (χ0n) is 8.18. The van der Waals surface area contributed by atoms with E-state index in [1.165, 1.54) is 6.07 Å². The van der Waals surface area contributed by atoms with Crippen molar-refractivity contribution in [1.82, 2.24) is 0 Å². The second-order valence-electron chi connectivity index (χ2n) is 3.05. The number of phenolic OH excluding ortho intramolecular Hbond substituents is 1. The fourth-order valence-corrected chi connectivity index (χ4v) is 1.45. The van der Waals surface area contributed by atoms with Gasteiger partial charge in [0.05, 0.1) is 11.4 Å². The predicted molar refractivity (Wildman–Crippen MR) is 52.9 cm³/mol. The molecular formula is C10H5ClF3NO2. The highest BCUT2D eigenvalue weighted by molar-refractivity contribution is 6.30. The first-order chi connectivity index (χ1) is 7.82. The van der Waals surface area contributed by atoms with Crippen LogP contribution in [0.15, 0.2) is 12.1 Å². The number of aromatic hydroxyl groups is 1. The third-order valence-electron chi connectivity index (χ3n) is 2.00. The summed E-state index contributed by atoms with van der Waals surface area (Å²) in [5.74, 6) is -2.43.